The molecule has 1 aliphatic rings. The van der Waals surface area contributed by atoms with E-state index in [1.807, 2.05) is 6.92 Å². The van der Waals surface area contributed by atoms with Crippen LogP contribution in [0.25, 0.3) is 0 Å². The van der Waals surface area contributed by atoms with Crippen molar-refractivity contribution in [3.8, 4) is 5.75 Å². The highest BCUT2D eigenvalue weighted by molar-refractivity contribution is 9.10. The number of likely N-dealkylation sites (N-methyl/N-ethyl adjacent to an activating group) is 1. The molecule has 4 heteroatoms. The number of hydrogen-bond donors (Lipinski definition) is 1. The van der Waals surface area contributed by atoms with Gasteiger partial charge in [-0.05, 0) is 25.1 Å². The van der Waals surface area contributed by atoms with Crippen LogP contribution in [0.15, 0.2) is 16.6 Å². The van der Waals surface area contributed by atoms with E-state index in [-0.39, 0.29) is 18.0 Å². The highest BCUT2D eigenvalue weighted by Gasteiger charge is 2.36. The van der Waals surface area contributed by atoms with E-state index in [1.54, 1.807) is 6.07 Å². The summed E-state index contributed by atoms with van der Waals surface area (Å²) in [5, 5.41) is 3.38. The number of halogens is 2. The maximum Gasteiger partial charge on any atom is 0.165 e. The second-order valence-electron chi connectivity index (χ2n) is 4.25. The van der Waals surface area contributed by atoms with Crippen molar-refractivity contribution in [2.45, 2.75) is 38.8 Å². The van der Waals surface area contributed by atoms with Crippen LogP contribution in [-0.4, -0.2) is 12.6 Å². The Balaban J connectivity index is 2.39. The summed E-state index contributed by atoms with van der Waals surface area (Å²) < 4.78 is 20.4. The third kappa shape index (κ3) is 2.33. The van der Waals surface area contributed by atoms with Gasteiger partial charge in [0.25, 0.3) is 0 Å². The fourth-order valence-electron chi connectivity index (χ4n) is 2.33. The lowest BCUT2D eigenvalue weighted by molar-refractivity contribution is 0.174. The first-order valence-corrected chi connectivity index (χ1v) is 6.86. The minimum absolute atomic E-state index is 0.0307. The molecule has 0 aromatic heterocycles. The molecule has 17 heavy (non-hydrogen) atoms. The Morgan fingerprint density at radius 3 is 2.82 bits per heavy atom. The summed E-state index contributed by atoms with van der Waals surface area (Å²) in [5.74, 6) is 0.133. The van der Waals surface area contributed by atoms with E-state index in [0.29, 0.717) is 5.75 Å². The predicted octanol–water partition coefficient (Wildman–Crippen LogP) is 3.80. The number of fused-ring (bicyclic) bond motifs is 1. The summed E-state index contributed by atoms with van der Waals surface area (Å²) in [5.41, 5.74) is 0.922. The van der Waals surface area contributed by atoms with Gasteiger partial charge < -0.3 is 10.1 Å². The molecule has 2 rings (SSSR count). The Labute approximate surface area is 110 Å². The van der Waals surface area contributed by atoms with Crippen LogP contribution < -0.4 is 10.1 Å². The van der Waals surface area contributed by atoms with E-state index in [0.717, 1.165) is 29.4 Å². The average molecular weight is 302 g/mol. The number of rotatable bonds is 4. The number of hydrogen-bond acceptors (Lipinski definition) is 2. The molecular formula is C13H17BrFNO. The minimum Gasteiger partial charge on any atom is -0.485 e. The van der Waals surface area contributed by atoms with Crippen molar-refractivity contribution in [1.29, 1.82) is 0 Å². The first-order valence-electron chi connectivity index (χ1n) is 6.07. The molecule has 0 bridgehead atoms. The molecule has 0 fully saturated rings. The topological polar surface area (TPSA) is 21.3 Å². The number of benzene rings is 1. The maximum absolute atomic E-state index is 13.7. The van der Waals surface area contributed by atoms with Gasteiger partial charge in [0.15, 0.2) is 11.6 Å². The van der Waals surface area contributed by atoms with Gasteiger partial charge >= 0.3 is 0 Å². The van der Waals surface area contributed by atoms with Crippen LogP contribution in [0.5, 0.6) is 5.75 Å². The van der Waals surface area contributed by atoms with Crippen molar-refractivity contribution in [1.82, 2.24) is 5.32 Å². The van der Waals surface area contributed by atoms with Crippen molar-refractivity contribution in [2.24, 2.45) is 0 Å². The Hall–Kier alpha value is -0.610. The van der Waals surface area contributed by atoms with Gasteiger partial charge in [-0.25, -0.2) is 4.39 Å². The summed E-state index contributed by atoms with van der Waals surface area (Å²) in [6.45, 7) is 5.01. The zero-order valence-corrected chi connectivity index (χ0v) is 11.7. The first-order chi connectivity index (χ1) is 8.19. The van der Waals surface area contributed by atoms with Crippen LogP contribution in [0, 0.1) is 5.82 Å². The second-order valence-corrected chi connectivity index (χ2v) is 5.11. The average Bonchev–Trinajstić information content (AvgIpc) is 2.66. The smallest absolute Gasteiger partial charge is 0.165 e. The molecule has 1 N–H and O–H groups in total. The van der Waals surface area contributed by atoms with E-state index < -0.39 is 0 Å². The SMILES string of the molecule is CCCC1Oc2c(F)ccc(Br)c2C1NCC. The predicted molar refractivity (Wildman–Crippen MR) is 69.8 cm³/mol. The van der Waals surface area contributed by atoms with Crippen LogP contribution in [-0.2, 0) is 0 Å². The Morgan fingerprint density at radius 1 is 1.41 bits per heavy atom. The zero-order valence-electron chi connectivity index (χ0n) is 10.1. The Kier molecular flexibility index (Phi) is 4.05. The summed E-state index contributed by atoms with van der Waals surface area (Å²) >= 11 is 3.48. The van der Waals surface area contributed by atoms with Crippen molar-refractivity contribution >= 4 is 15.9 Å². The van der Waals surface area contributed by atoms with Crippen molar-refractivity contribution < 1.29 is 9.13 Å². The van der Waals surface area contributed by atoms with Crippen LogP contribution in [0.3, 0.4) is 0 Å². The van der Waals surface area contributed by atoms with Crippen molar-refractivity contribution in [3.05, 3.63) is 28.0 Å². The van der Waals surface area contributed by atoms with E-state index >= 15 is 0 Å². The monoisotopic (exact) mass is 301 g/mol. The van der Waals surface area contributed by atoms with Gasteiger partial charge in [-0.3, -0.25) is 0 Å². The lowest BCUT2D eigenvalue weighted by Crippen LogP contribution is -2.30. The Morgan fingerprint density at radius 2 is 2.18 bits per heavy atom. The van der Waals surface area contributed by atoms with E-state index in [2.05, 4.69) is 28.2 Å². The fourth-order valence-corrected chi connectivity index (χ4v) is 2.89. The van der Waals surface area contributed by atoms with Gasteiger partial charge in [0.1, 0.15) is 6.10 Å². The maximum atomic E-state index is 13.7. The zero-order chi connectivity index (χ0) is 12.4. The molecule has 0 aliphatic carbocycles. The van der Waals surface area contributed by atoms with Gasteiger partial charge in [-0.2, -0.15) is 0 Å². The van der Waals surface area contributed by atoms with Crippen LogP contribution in [0.2, 0.25) is 0 Å². The highest BCUT2D eigenvalue weighted by Crippen LogP contribution is 2.44. The summed E-state index contributed by atoms with van der Waals surface area (Å²) in [4.78, 5) is 0. The highest BCUT2D eigenvalue weighted by atomic mass is 79.9. The molecule has 0 spiro atoms. The normalized spacial score (nSPS) is 22.4. The molecule has 2 nitrogen and oxygen atoms in total. The number of ether oxygens (including phenoxy) is 1. The molecule has 1 aromatic carbocycles. The van der Waals surface area contributed by atoms with Crippen molar-refractivity contribution in [2.75, 3.05) is 6.54 Å². The second kappa shape index (κ2) is 5.36. The van der Waals surface area contributed by atoms with E-state index in [4.69, 9.17) is 4.74 Å². The van der Waals surface area contributed by atoms with Gasteiger partial charge in [0.2, 0.25) is 0 Å². The first kappa shape index (κ1) is 12.8. The molecule has 0 saturated carbocycles. The van der Waals surface area contributed by atoms with Crippen LogP contribution in [0.1, 0.15) is 38.3 Å². The van der Waals surface area contributed by atoms with Gasteiger partial charge in [-0.15, -0.1) is 0 Å². The van der Waals surface area contributed by atoms with Gasteiger partial charge in [0, 0.05) is 10.0 Å². The molecule has 2 unspecified atom stereocenters. The third-order valence-electron chi connectivity index (χ3n) is 3.04. The lowest BCUT2D eigenvalue weighted by Gasteiger charge is -2.19. The molecule has 1 aromatic rings. The van der Waals surface area contributed by atoms with E-state index in [9.17, 15) is 4.39 Å². The molecular weight excluding hydrogens is 285 g/mol. The largest absolute Gasteiger partial charge is 0.485 e. The molecule has 94 valence electrons. The molecule has 2 atom stereocenters. The van der Waals surface area contributed by atoms with E-state index in [1.165, 1.54) is 6.07 Å². The van der Waals surface area contributed by atoms with Crippen LogP contribution in [0.4, 0.5) is 4.39 Å². The van der Waals surface area contributed by atoms with Crippen molar-refractivity contribution in [3.63, 3.8) is 0 Å². The Bertz CT molecular complexity index is 411. The lowest BCUT2D eigenvalue weighted by atomic mass is 10.0. The van der Waals surface area contributed by atoms with Gasteiger partial charge in [0.05, 0.1) is 6.04 Å². The quantitative estimate of drug-likeness (QED) is 0.913. The molecule has 1 aliphatic heterocycles. The molecule has 1 heterocycles. The molecule has 0 saturated heterocycles. The minimum atomic E-state index is -0.273. The molecule has 0 amide bonds. The van der Waals surface area contributed by atoms with Crippen LogP contribution >= 0.6 is 15.9 Å². The summed E-state index contributed by atoms with van der Waals surface area (Å²) in [6, 6.07) is 3.27. The summed E-state index contributed by atoms with van der Waals surface area (Å²) in [6.07, 6.45) is 1.99. The third-order valence-corrected chi connectivity index (χ3v) is 3.74. The van der Waals surface area contributed by atoms with Gasteiger partial charge in [-0.1, -0.05) is 36.2 Å². The standard InChI is InChI=1S/C13H17BrFNO/c1-3-5-10-12(16-4-2)11-8(14)6-7-9(15)13(11)17-10/h6-7,10,12,16H,3-5H2,1-2H3. The number of nitrogens with one attached hydrogen (secondary N) is 1. The molecule has 0 radical (unpaired) electrons. The summed E-state index contributed by atoms with van der Waals surface area (Å²) in [7, 11) is 0. The fraction of sp³-hybridized carbons (Fsp3) is 0.538.